The van der Waals surface area contributed by atoms with E-state index in [0.29, 0.717) is 18.2 Å². The van der Waals surface area contributed by atoms with Gasteiger partial charge in [0.25, 0.3) is 5.91 Å². The molecule has 1 fully saturated rings. The Labute approximate surface area is 167 Å². The predicted molar refractivity (Wildman–Crippen MR) is 106 cm³/mol. The number of hydrogen-bond donors (Lipinski definition) is 1. The van der Waals surface area contributed by atoms with Gasteiger partial charge in [-0.2, -0.15) is 0 Å². The normalized spacial score (nSPS) is 15.8. The molecule has 1 amide bonds. The van der Waals surface area contributed by atoms with Gasteiger partial charge < -0.3 is 10.2 Å². The van der Waals surface area contributed by atoms with Gasteiger partial charge in [-0.1, -0.05) is 6.07 Å². The third-order valence-electron chi connectivity index (χ3n) is 5.49. The van der Waals surface area contributed by atoms with Crippen LogP contribution in [0.4, 0.5) is 15.8 Å². The number of hydrogen-bond acceptors (Lipinski definition) is 5. The fourth-order valence-corrected chi connectivity index (χ4v) is 3.87. The Hall–Kier alpha value is -3.29. The number of carbonyl (C=O) groups excluding carboxylic acids is 1. The van der Waals surface area contributed by atoms with Gasteiger partial charge in [0.2, 0.25) is 0 Å². The van der Waals surface area contributed by atoms with Gasteiger partial charge in [-0.3, -0.25) is 4.79 Å². The number of amides is 1. The molecule has 1 saturated carbocycles. The Morgan fingerprint density at radius 1 is 1.17 bits per heavy atom. The lowest BCUT2D eigenvalue weighted by Gasteiger charge is -2.32. The molecule has 148 valence electrons. The monoisotopic (exact) mass is 392 g/mol. The number of fused-ring (bicyclic) bond motifs is 1. The minimum atomic E-state index is -0.359. The number of carbonyl (C=O) groups is 1. The first-order valence-electron chi connectivity index (χ1n) is 9.89. The number of nitrogens with zero attached hydrogens (tertiary/aromatic N) is 5. The molecule has 0 unspecified atom stereocenters. The lowest BCUT2D eigenvalue weighted by atomic mass is 9.99. The standard InChI is InChI=1S/C21H21FN6O/c22-15-8-6-14(7-9-15)21(29)23-18-4-1-5-19-17(18)3-2-12-27(19)13-20-24-25-26-28(20)16-10-11-16/h1,4-9,16H,2-3,10-13H2,(H,23,29). The maximum Gasteiger partial charge on any atom is 0.255 e. The highest BCUT2D eigenvalue weighted by Gasteiger charge is 2.29. The van der Waals surface area contributed by atoms with E-state index in [1.54, 1.807) is 0 Å². The molecule has 29 heavy (non-hydrogen) atoms. The van der Waals surface area contributed by atoms with Crippen LogP contribution in [-0.4, -0.2) is 32.7 Å². The molecule has 2 aliphatic rings. The molecule has 3 aromatic rings. The van der Waals surface area contributed by atoms with E-state index in [9.17, 15) is 9.18 Å². The van der Waals surface area contributed by atoms with Gasteiger partial charge in [-0.25, -0.2) is 9.07 Å². The van der Waals surface area contributed by atoms with Crippen molar-refractivity contribution in [2.45, 2.75) is 38.3 Å². The first-order chi connectivity index (χ1) is 14.2. The molecule has 1 aliphatic carbocycles. The van der Waals surface area contributed by atoms with Crippen molar-refractivity contribution in [3.8, 4) is 0 Å². The molecule has 1 aliphatic heterocycles. The molecule has 0 saturated heterocycles. The van der Waals surface area contributed by atoms with Gasteiger partial charge in [0.1, 0.15) is 5.82 Å². The van der Waals surface area contributed by atoms with Crippen LogP contribution in [0.15, 0.2) is 42.5 Å². The van der Waals surface area contributed by atoms with Crippen LogP contribution < -0.4 is 10.2 Å². The van der Waals surface area contributed by atoms with E-state index in [0.717, 1.165) is 55.0 Å². The van der Waals surface area contributed by atoms with E-state index in [1.165, 1.54) is 24.3 Å². The number of benzene rings is 2. The zero-order chi connectivity index (χ0) is 19.8. The molecule has 8 heteroatoms. The maximum absolute atomic E-state index is 13.1. The van der Waals surface area contributed by atoms with Crippen LogP contribution in [0, 0.1) is 5.82 Å². The van der Waals surface area contributed by atoms with Crippen molar-refractivity contribution in [1.82, 2.24) is 20.2 Å². The number of halogens is 1. The largest absolute Gasteiger partial charge is 0.364 e. The van der Waals surface area contributed by atoms with Crippen LogP contribution >= 0.6 is 0 Å². The summed E-state index contributed by atoms with van der Waals surface area (Å²) >= 11 is 0. The molecule has 1 N–H and O–H groups in total. The summed E-state index contributed by atoms with van der Waals surface area (Å²) in [5.74, 6) is 0.275. The number of anilines is 2. The van der Waals surface area contributed by atoms with Gasteiger partial charge in [0, 0.05) is 23.5 Å². The Kier molecular flexibility index (Phi) is 4.46. The van der Waals surface area contributed by atoms with E-state index in [-0.39, 0.29) is 11.7 Å². The van der Waals surface area contributed by atoms with Crippen LogP contribution in [0.1, 0.15) is 47.1 Å². The van der Waals surface area contributed by atoms with E-state index >= 15 is 0 Å². The summed E-state index contributed by atoms with van der Waals surface area (Å²) in [6.07, 6.45) is 4.14. The molecule has 7 nitrogen and oxygen atoms in total. The van der Waals surface area contributed by atoms with E-state index in [1.807, 2.05) is 16.8 Å². The van der Waals surface area contributed by atoms with Crippen molar-refractivity contribution in [2.24, 2.45) is 0 Å². The Balaban J connectivity index is 1.39. The lowest BCUT2D eigenvalue weighted by Crippen LogP contribution is -2.31. The molecule has 0 atom stereocenters. The summed E-state index contributed by atoms with van der Waals surface area (Å²) in [7, 11) is 0. The average molecular weight is 392 g/mol. The Morgan fingerprint density at radius 3 is 2.79 bits per heavy atom. The number of rotatable bonds is 5. The van der Waals surface area contributed by atoms with E-state index in [2.05, 4.69) is 31.8 Å². The van der Waals surface area contributed by atoms with Crippen molar-refractivity contribution < 1.29 is 9.18 Å². The predicted octanol–water partition coefficient (Wildman–Crippen LogP) is 3.35. The second kappa shape index (κ2) is 7.27. The minimum Gasteiger partial charge on any atom is -0.364 e. The highest BCUT2D eigenvalue weighted by molar-refractivity contribution is 6.05. The highest BCUT2D eigenvalue weighted by atomic mass is 19.1. The van der Waals surface area contributed by atoms with Crippen LogP contribution in [0.2, 0.25) is 0 Å². The second-order valence-electron chi connectivity index (χ2n) is 7.56. The zero-order valence-electron chi connectivity index (χ0n) is 15.9. The summed E-state index contributed by atoms with van der Waals surface area (Å²) in [4.78, 5) is 14.9. The van der Waals surface area contributed by atoms with Crippen molar-refractivity contribution in [2.75, 3.05) is 16.8 Å². The molecule has 0 spiro atoms. The minimum absolute atomic E-state index is 0.242. The van der Waals surface area contributed by atoms with Gasteiger partial charge in [-0.05, 0) is 78.1 Å². The van der Waals surface area contributed by atoms with Crippen LogP contribution in [-0.2, 0) is 13.0 Å². The second-order valence-corrected chi connectivity index (χ2v) is 7.56. The lowest BCUT2D eigenvalue weighted by molar-refractivity contribution is 0.102. The van der Waals surface area contributed by atoms with Gasteiger partial charge >= 0.3 is 0 Å². The van der Waals surface area contributed by atoms with E-state index < -0.39 is 0 Å². The van der Waals surface area contributed by atoms with Crippen LogP contribution in [0.25, 0.3) is 0 Å². The first kappa shape index (κ1) is 17.8. The maximum atomic E-state index is 13.1. The Bertz CT molecular complexity index is 1040. The topological polar surface area (TPSA) is 75.9 Å². The van der Waals surface area contributed by atoms with Crippen molar-refractivity contribution in [1.29, 1.82) is 0 Å². The average Bonchev–Trinajstić information content (AvgIpc) is 3.48. The SMILES string of the molecule is O=C(Nc1cccc2c1CCCN2Cc1nnnn1C1CC1)c1ccc(F)cc1. The summed E-state index contributed by atoms with van der Waals surface area (Å²) in [5.41, 5.74) is 3.43. The van der Waals surface area contributed by atoms with Crippen LogP contribution in [0.5, 0.6) is 0 Å². The Morgan fingerprint density at radius 2 is 2.00 bits per heavy atom. The molecule has 1 aromatic heterocycles. The quantitative estimate of drug-likeness (QED) is 0.721. The molecular weight excluding hydrogens is 371 g/mol. The first-order valence-corrected chi connectivity index (χ1v) is 9.89. The van der Waals surface area contributed by atoms with Crippen LogP contribution in [0.3, 0.4) is 0 Å². The van der Waals surface area contributed by atoms with Crippen molar-refractivity contribution in [3.05, 3.63) is 65.2 Å². The fraction of sp³-hybridized carbons (Fsp3) is 0.333. The number of nitrogens with one attached hydrogen (secondary N) is 1. The molecular formula is C21H21FN6O. The van der Waals surface area contributed by atoms with Gasteiger partial charge in [0.15, 0.2) is 5.82 Å². The van der Waals surface area contributed by atoms with Crippen molar-refractivity contribution in [3.63, 3.8) is 0 Å². The zero-order valence-corrected chi connectivity index (χ0v) is 15.9. The molecule has 2 heterocycles. The van der Waals surface area contributed by atoms with Gasteiger partial charge in [0.05, 0.1) is 12.6 Å². The third kappa shape index (κ3) is 3.57. The van der Waals surface area contributed by atoms with E-state index in [4.69, 9.17) is 0 Å². The summed E-state index contributed by atoms with van der Waals surface area (Å²) < 4.78 is 15.1. The van der Waals surface area contributed by atoms with Crippen molar-refractivity contribution >= 4 is 17.3 Å². The number of aromatic nitrogens is 4. The number of tetrazole rings is 1. The molecule has 0 radical (unpaired) electrons. The molecule has 5 rings (SSSR count). The smallest absolute Gasteiger partial charge is 0.255 e. The highest BCUT2D eigenvalue weighted by Crippen LogP contribution is 2.36. The summed E-state index contributed by atoms with van der Waals surface area (Å²) in [5, 5.41) is 15.2. The molecule has 0 bridgehead atoms. The van der Waals surface area contributed by atoms with Gasteiger partial charge in [-0.15, -0.1) is 5.10 Å². The third-order valence-corrected chi connectivity index (χ3v) is 5.49. The fourth-order valence-electron chi connectivity index (χ4n) is 3.87. The molecule has 2 aromatic carbocycles. The summed E-state index contributed by atoms with van der Waals surface area (Å²) in [6, 6.07) is 11.9. The summed E-state index contributed by atoms with van der Waals surface area (Å²) in [6.45, 7) is 1.56.